The minimum absolute atomic E-state index is 0.0955. The van der Waals surface area contributed by atoms with E-state index in [-0.39, 0.29) is 11.9 Å². The lowest BCUT2D eigenvalue weighted by Crippen LogP contribution is -2.31. The molecule has 0 bridgehead atoms. The van der Waals surface area contributed by atoms with Crippen LogP contribution in [-0.4, -0.2) is 42.0 Å². The molecule has 23 heavy (non-hydrogen) atoms. The van der Waals surface area contributed by atoms with Crippen LogP contribution in [0.15, 0.2) is 5.38 Å². The van der Waals surface area contributed by atoms with Gasteiger partial charge in [-0.05, 0) is 45.8 Å². The molecule has 1 atom stereocenters. The molecule has 6 heteroatoms. The minimum Gasteiger partial charge on any atom is -0.351 e. The molecule has 0 saturated heterocycles. The van der Waals surface area contributed by atoms with E-state index in [0.717, 1.165) is 31.1 Å². The van der Waals surface area contributed by atoms with Crippen molar-refractivity contribution in [1.82, 2.24) is 15.2 Å². The van der Waals surface area contributed by atoms with Gasteiger partial charge in [-0.15, -0.1) is 11.3 Å². The monoisotopic (exact) mass is 340 g/mol. The first-order valence-electron chi connectivity index (χ1n) is 8.80. The number of aromatic nitrogens is 1. The van der Waals surface area contributed by atoms with Crippen LogP contribution < -0.4 is 11.1 Å². The molecular formula is C17H32N4OS. The van der Waals surface area contributed by atoms with Gasteiger partial charge in [0, 0.05) is 11.9 Å². The van der Waals surface area contributed by atoms with Gasteiger partial charge in [-0.2, -0.15) is 0 Å². The fourth-order valence-corrected chi connectivity index (χ4v) is 3.05. The van der Waals surface area contributed by atoms with Crippen molar-refractivity contribution in [2.45, 2.75) is 58.9 Å². The maximum atomic E-state index is 12.0. The van der Waals surface area contributed by atoms with Crippen LogP contribution in [0, 0.1) is 0 Å². The SMILES string of the molecule is CCCCN(CCCC)CCCNC(=O)c1csc(C(C)N)n1. The van der Waals surface area contributed by atoms with Crippen molar-refractivity contribution < 1.29 is 4.79 Å². The molecule has 0 spiro atoms. The van der Waals surface area contributed by atoms with Crippen molar-refractivity contribution in [2.24, 2.45) is 5.73 Å². The molecule has 0 fully saturated rings. The van der Waals surface area contributed by atoms with Crippen molar-refractivity contribution in [3.05, 3.63) is 16.1 Å². The molecule has 0 aliphatic rings. The van der Waals surface area contributed by atoms with Gasteiger partial charge in [-0.25, -0.2) is 4.98 Å². The molecule has 1 aromatic rings. The van der Waals surface area contributed by atoms with Gasteiger partial charge >= 0.3 is 0 Å². The fraction of sp³-hybridized carbons (Fsp3) is 0.765. The van der Waals surface area contributed by atoms with Gasteiger partial charge in [0.2, 0.25) is 0 Å². The first-order valence-corrected chi connectivity index (χ1v) is 9.68. The number of nitrogens with two attached hydrogens (primary N) is 1. The highest BCUT2D eigenvalue weighted by Gasteiger charge is 2.12. The molecule has 0 aliphatic heterocycles. The van der Waals surface area contributed by atoms with Crippen LogP contribution in [0.25, 0.3) is 0 Å². The molecule has 132 valence electrons. The van der Waals surface area contributed by atoms with E-state index >= 15 is 0 Å². The predicted molar refractivity (Wildman–Crippen MR) is 97.9 cm³/mol. The molecule has 3 N–H and O–H groups in total. The predicted octanol–water partition coefficient (Wildman–Crippen LogP) is 3.18. The van der Waals surface area contributed by atoms with Crippen LogP contribution in [0.1, 0.15) is 74.4 Å². The number of carbonyl (C=O) groups is 1. The third-order valence-corrected chi connectivity index (χ3v) is 4.78. The molecule has 1 aromatic heterocycles. The van der Waals surface area contributed by atoms with E-state index in [1.165, 1.54) is 37.0 Å². The molecule has 1 rings (SSSR count). The topological polar surface area (TPSA) is 71.2 Å². The zero-order chi connectivity index (χ0) is 17.1. The molecular weight excluding hydrogens is 308 g/mol. The second-order valence-electron chi connectivity index (χ2n) is 6.02. The molecule has 1 heterocycles. The highest BCUT2D eigenvalue weighted by molar-refractivity contribution is 7.09. The van der Waals surface area contributed by atoms with E-state index in [1.54, 1.807) is 5.38 Å². The van der Waals surface area contributed by atoms with Gasteiger partial charge in [0.15, 0.2) is 0 Å². The van der Waals surface area contributed by atoms with Crippen molar-refractivity contribution in [1.29, 1.82) is 0 Å². The van der Waals surface area contributed by atoms with Crippen LogP contribution in [0.3, 0.4) is 0 Å². The number of nitrogens with one attached hydrogen (secondary N) is 1. The van der Waals surface area contributed by atoms with Crippen molar-refractivity contribution in [3.63, 3.8) is 0 Å². The second-order valence-corrected chi connectivity index (χ2v) is 6.91. The average Bonchev–Trinajstić information content (AvgIpc) is 3.03. The number of amides is 1. The molecule has 0 saturated carbocycles. The lowest BCUT2D eigenvalue weighted by molar-refractivity contribution is 0.0947. The molecule has 1 unspecified atom stereocenters. The van der Waals surface area contributed by atoms with E-state index < -0.39 is 0 Å². The van der Waals surface area contributed by atoms with E-state index in [9.17, 15) is 4.79 Å². The summed E-state index contributed by atoms with van der Waals surface area (Å²) in [5.74, 6) is -0.0955. The average molecular weight is 341 g/mol. The number of hydrogen-bond acceptors (Lipinski definition) is 5. The summed E-state index contributed by atoms with van der Waals surface area (Å²) in [7, 11) is 0. The van der Waals surface area contributed by atoms with Gasteiger partial charge in [0.05, 0.1) is 6.04 Å². The normalized spacial score (nSPS) is 12.6. The summed E-state index contributed by atoms with van der Waals surface area (Å²) in [5.41, 5.74) is 6.26. The maximum absolute atomic E-state index is 12.0. The summed E-state index contributed by atoms with van der Waals surface area (Å²) in [6, 6.07) is -0.118. The Labute approximate surface area is 144 Å². The van der Waals surface area contributed by atoms with Crippen LogP contribution in [0.2, 0.25) is 0 Å². The molecule has 0 aliphatic carbocycles. The Morgan fingerprint density at radius 2 is 1.87 bits per heavy atom. The number of carbonyl (C=O) groups excluding carboxylic acids is 1. The smallest absolute Gasteiger partial charge is 0.270 e. The van der Waals surface area contributed by atoms with E-state index in [4.69, 9.17) is 5.73 Å². The Morgan fingerprint density at radius 3 is 2.39 bits per heavy atom. The Bertz CT molecular complexity index is 440. The van der Waals surface area contributed by atoms with Gasteiger partial charge in [0.1, 0.15) is 10.7 Å². The van der Waals surface area contributed by atoms with Crippen LogP contribution >= 0.6 is 11.3 Å². The number of rotatable bonds is 12. The fourth-order valence-electron chi connectivity index (χ4n) is 2.30. The quantitative estimate of drug-likeness (QED) is 0.573. The van der Waals surface area contributed by atoms with E-state index in [2.05, 4.69) is 29.0 Å². The van der Waals surface area contributed by atoms with Gasteiger partial charge in [0.25, 0.3) is 5.91 Å². The zero-order valence-electron chi connectivity index (χ0n) is 14.8. The summed E-state index contributed by atoms with van der Waals surface area (Å²) in [6.45, 7) is 10.4. The van der Waals surface area contributed by atoms with Crippen molar-refractivity contribution in [3.8, 4) is 0 Å². The second kappa shape index (κ2) is 11.5. The lowest BCUT2D eigenvalue weighted by atomic mass is 10.2. The Hall–Kier alpha value is -0.980. The third-order valence-electron chi connectivity index (χ3n) is 3.74. The number of nitrogens with zero attached hydrogens (tertiary/aromatic N) is 2. The minimum atomic E-state index is -0.118. The first kappa shape index (κ1) is 20.1. The molecule has 0 radical (unpaired) electrons. The van der Waals surface area contributed by atoms with Crippen LogP contribution in [-0.2, 0) is 0 Å². The zero-order valence-corrected chi connectivity index (χ0v) is 15.6. The maximum Gasteiger partial charge on any atom is 0.270 e. The van der Waals surface area contributed by atoms with E-state index in [1.807, 2.05) is 6.92 Å². The van der Waals surface area contributed by atoms with E-state index in [0.29, 0.717) is 12.2 Å². The summed E-state index contributed by atoms with van der Waals surface area (Å²) in [4.78, 5) is 18.8. The number of hydrogen-bond donors (Lipinski definition) is 2. The largest absolute Gasteiger partial charge is 0.351 e. The number of thiazole rings is 1. The summed E-state index contributed by atoms with van der Waals surface area (Å²) < 4.78 is 0. The van der Waals surface area contributed by atoms with Crippen LogP contribution in [0.5, 0.6) is 0 Å². The van der Waals surface area contributed by atoms with Crippen molar-refractivity contribution in [2.75, 3.05) is 26.2 Å². The number of unbranched alkanes of at least 4 members (excludes halogenated alkanes) is 2. The molecule has 1 amide bonds. The highest BCUT2D eigenvalue weighted by Crippen LogP contribution is 2.15. The standard InChI is InChI=1S/C17H32N4OS/c1-4-6-10-21(11-7-5-2)12-8-9-19-16(22)15-13-23-17(20-15)14(3)18/h13-14H,4-12,18H2,1-3H3,(H,19,22). The Morgan fingerprint density at radius 1 is 1.26 bits per heavy atom. The molecule has 5 nitrogen and oxygen atoms in total. The highest BCUT2D eigenvalue weighted by atomic mass is 32.1. The summed E-state index contributed by atoms with van der Waals surface area (Å²) >= 11 is 1.44. The lowest BCUT2D eigenvalue weighted by Gasteiger charge is -2.21. The van der Waals surface area contributed by atoms with Gasteiger partial charge in [-0.3, -0.25) is 4.79 Å². The first-order chi connectivity index (χ1) is 11.1. The summed E-state index contributed by atoms with van der Waals surface area (Å²) in [5, 5.41) is 5.54. The Balaban J connectivity index is 2.29. The Kier molecular flexibility index (Phi) is 10.1. The van der Waals surface area contributed by atoms with Crippen molar-refractivity contribution >= 4 is 17.2 Å². The van der Waals surface area contributed by atoms with Crippen LogP contribution in [0.4, 0.5) is 0 Å². The molecule has 0 aromatic carbocycles. The van der Waals surface area contributed by atoms with Gasteiger partial charge in [-0.1, -0.05) is 26.7 Å². The third kappa shape index (κ3) is 7.90. The summed E-state index contributed by atoms with van der Waals surface area (Å²) in [6.07, 6.45) is 5.92. The van der Waals surface area contributed by atoms with Gasteiger partial charge < -0.3 is 16.0 Å².